The molecule has 2 N–H and O–H groups in total. The number of rotatable bonds is 7. The summed E-state index contributed by atoms with van der Waals surface area (Å²) < 4.78 is 5.52. The van der Waals surface area contributed by atoms with Crippen molar-refractivity contribution in [1.29, 1.82) is 5.26 Å². The molecule has 1 saturated heterocycles. The van der Waals surface area contributed by atoms with Crippen LogP contribution >= 0.6 is 0 Å². The highest BCUT2D eigenvalue weighted by atomic mass is 16.6. The third kappa shape index (κ3) is 6.46. The van der Waals surface area contributed by atoms with Crippen LogP contribution < -0.4 is 10.6 Å². The average Bonchev–Trinajstić information content (AvgIpc) is 2.70. The van der Waals surface area contributed by atoms with Gasteiger partial charge in [0.1, 0.15) is 5.54 Å². The molecule has 1 atom stereocenters. The molecule has 1 aliphatic rings. The van der Waals surface area contributed by atoms with Gasteiger partial charge >= 0.3 is 6.09 Å². The number of carbonyl (C=O) groups excluding carboxylic acids is 2. The van der Waals surface area contributed by atoms with Gasteiger partial charge in [-0.25, -0.2) is 4.79 Å². The first-order valence-corrected chi connectivity index (χ1v) is 11.3. The number of nitrogens with zero attached hydrogens (tertiary/aromatic N) is 2. The summed E-state index contributed by atoms with van der Waals surface area (Å²) in [6, 6.07) is 11.9. The third-order valence-corrected chi connectivity index (χ3v) is 6.37. The molecular formula is C25H38N4O3. The van der Waals surface area contributed by atoms with Gasteiger partial charge in [0.2, 0.25) is 0 Å². The summed E-state index contributed by atoms with van der Waals surface area (Å²) in [5.41, 5.74) is -0.665. The Morgan fingerprint density at radius 3 is 2.19 bits per heavy atom. The lowest BCUT2D eigenvalue weighted by Gasteiger charge is -2.56. The standard InChI is InChI=1S/C25H38N4O3/c1-18(2)13-20(32-22(31)27-14-19-11-9-8-10-12-19)21(30)28-25(17-26)15-23(3,4)29(7)24(5,6)16-25/h8-12,18,20H,13-16H2,1-7H3,(H,27,31)(H,28,30). The maximum atomic E-state index is 13.2. The zero-order valence-corrected chi connectivity index (χ0v) is 20.5. The van der Waals surface area contributed by atoms with Crippen LogP contribution in [0.25, 0.3) is 0 Å². The third-order valence-electron chi connectivity index (χ3n) is 6.37. The summed E-state index contributed by atoms with van der Waals surface area (Å²) in [7, 11) is 2.05. The van der Waals surface area contributed by atoms with Crippen molar-refractivity contribution in [3.63, 3.8) is 0 Å². The van der Waals surface area contributed by atoms with E-state index in [0.717, 1.165) is 5.56 Å². The van der Waals surface area contributed by atoms with Gasteiger partial charge in [0, 0.05) is 30.5 Å². The molecule has 2 rings (SSSR count). The Balaban J connectivity index is 2.12. The van der Waals surface area contributed by atoms with Gasteiger partial charge in [-0.15, -0.1) is 0 Å². The molecule has 0 saturated carbocycles. The second-order valence-corrected chi connectivity index (χ2v) is 10.6. The molecule has 2 amide bonds. The molecule has 1 aromatic rings. The molecule has 0 aliphatic carbocycles. The fourth-order valence-corrected chi connectivity index (χ4v) is 4.69. The Bertz CT molecular complexity index is 824. The number of ether oxygens (including phenoxy) is 1. The van der Waals surface area contributed by atoms with Gasteiger partial charge in [-0.05, 0) is 52.6 Å². The Kier molecular flexibility index (Phi) is 7.95. The van der Waals surface area contributed by atoms with E-state index >= 15 is 0 Å². The van der Waals surface area contributed by atoms with Crippen molar-refractivity contribution in [3.8, 4) is 6.07 Å². The summed E-state index contributed by atoms with van der Waals surface area (Å²) in [6.07, 6.45) is -0.279. The van der Waals surface area contributed by atoms with Gasteiger partial charge in [-0.1, -0.05) is 44.2 Å². The molecular weight excluding hydrogens is 404 g/mol. The molecule has 7 nitrogen and oxygen atoms in total. The highest BCUT2D eigenvalue weighted by Crippen LogP contribution is 2.42. The van der Waals surface area contributed by atoms with E-state index in [1.54, 1.807) is 0 Å². The van der Waals surface area contributed by atoms with Gasteiger partial charge in [0.05, 0.1) is 6.07 Å². The Hall–Kier alpha value is -2.59. The van der Waals surface area contributed by atoms with Gasteiger partial charge in [-0.3, -0.25) is 9.69 Å². The van der Waals surface area contributed by atoms with Crippen LogP contribution in [0, 0.1) is 17.2 Å². The van der Waals surface area contributed by atoms with Crippen molar-refractivity contribution in [1.82, 2.24) is 15.5 Å². The second-order valence-electron chi connectivity index (χ2n) is 10.6. The number of likely N-dealkylation sites (tertiary alicyclic amines) is 1. The quantitative estimate of drug-likeness (QED) is 0.666. The molecule has 0 aromatic heterocycles. The van der Waals surface area contributed by atoms with Crippen LogP contribution in [-0.4, -0.2) is 46.7 Å². The molecule has 7 heteroatoms. The van der Waals surface area contributed by atoms with E-state index in [1.807, 2.05) is 51.2 Å². The minimum atomic E-state index is -1.03. The number of hydrogen-bond donors (Lipinski definition) is 2. The number of piperidine rings is 1. The van der Waals surface area contributed by atoms with Crippen LogP contribution in [0.1, 0.15) is 66.4 Å². The lowest BCUT2D eigenvalue weighted by Crippen LogP contribution is -2.68. The number of hydrogen-bond acceptors (Lipinski definition) is 5. The second kappa shape index (κ2) is 9.91. The number of benzene rings is 1. The Morgan fingerprint density at radius 1 is 1.12 bits per heavy atom. The van der Waals surface area contributed by atoms with E-state index in [4.69, 9.17) is 4.74 Å². The molecule has 1 heterocycles. The van der Waals surface area contributed by atoms with Crippen LogP contribution in [0.5, 0.6) is 0 Å². The number of amides is 2. The number of nitriles is 1. The zero-order chi connectivity index (χ0) is 24.2. The van der Waals surface area contributed by atoms with Crippen LogP contribution in [0.4, 0.5) is 4.79 Å². The maximum Gasteiger partial charge on any atom is 0.408 e. The molecule has 0 spiro atoms. The summed E-state index contributed by atoms with van der Waals surface area (Å²) >= 11 is 0. The number of alkyl carbamates (subject to hydrolysis) is 1. The van der Waals surface area contributed by atoms with Crippen LogP contribution in [0.2, 0.25) is 0 Å². The van der Waals surface area contributed by atoms with Crippen LogP contribution in [0.15, 0.2) is 30.3 Å². The van der Waals surface area contributed by atoms with Crippen LogP contribution in [-0.2, 0) is 16.1 Å². The van der Waals surface area contributed by atoms with Crippen molar-refractivity contribution in [2.45, 2.75) is 90.1 Å². The summed E-state index contributed by atoms with van der Waals surface area (Å²) in [5, 5.41) is 15.8. The smallest absolute Gasteiger partial charge is 0.408 e. The molecule has 176 valence electrons. The molecule has 1 aromatic carbocycles. The molecule has 32 heavy (non-hydrogen) atoms. The monoisotopic (exact) mass is 442 g/mol. The van der Waals surface area contributed by atoms with E-state index in [1.165, 1.54) is 0 Å². The van der Waals surface area contributed by atoms with E-state index in [2.05, 4.69) is 49.3 Å². The minimum absolute atomic E-state index is 0.135. The summed E-state index contributed by atoms with van der Waals surface area (Å²) in [5.74, 6) is -0.289. The minimum Gasteiger partial charge on any atom is -0.436 e. The average molecular weight is 443 g/mol. The predicted octanol–water partition coefficient (Wildman–Crippen LogP) is 3.99. The first-order chi connectivity index (χ1) is 14.8. The lowest BCUT2D eigenvalue weighted by molar-refractivity contribution is -0.134. The van der Waals surface area contributed by atoms with Crippen molar-refractivity contribution < 1.29 is 14.3 Å². The molecule has 1 aliphatic heterocycles. The van der Waals surface area contributed by atoms with Gasteiger partial charge < -0.3 is 15.4 Å². The van der Waals surface area contributed by atoms with Gasteiger partial charge in [-0.2, -0.15) is 5.26 Å². The van der Waals surface area contributed by atoms with E-state index in [9.17, 15) is 14.9 Å². The highest BCUT2D eigenvalue weighted by Gasteiger charge is 2.52. The normalized spacial score (nSPS) is 20.1. The van der Waals surface area contributed by atoms with Crippen molar-refractivity contribution in [2.24, 2.45) is 5.92 Å². The maximum absolute atomic E-state index is 13.2. The predicted molar refractivity (Wildman–Crippen MR) is 125 cm³/mol. The Labute approximate surface area is 192 Å². The number of carbonyl (C=O) groups is 2. The van der Waals surface area contributed by atoms with Crippen LogP contribution in [0.3, 0.4) is 0 Å². The first kappa shape index (κ1) is 25.7. The van der Waals surface area contributed by atoms with Gasteiger partial charge in [0.15, 0.2) is 6.10 Å². The molecule has 1 fully saturated rings. The number of nitrogens with one attached hydrogen (secondary N) is 2. The van der Waals surface area contributed by atoms with E-state index in [0.29, 0.717) is 25.8 Å². The molecule has 0 bridgehead atoms. The summed E-state index contributed by atoms with van der Waals surface area (Å²) in [6.45, 7) is 12.5. The lowest BCUT2D eigenvalue weighted by atomic mass is 9.70. The molecule has 0 radical (unpaired) electrons. The van der Waals surface area contributed by atoms with E-state index < -0.39 is 23.6 Å². The SMILES string of the molecule is CC(C)CC(OC(=O)NCc1ccccc1)C(=O)NC1(C#N)CC(C)(C)N(C)C(C)(C)C1. The molecule has 1 unspecified atom stereocenters. The van der Waals surface area contributed by atoms with Crippen molar-refractivity contribution >= 4 is 12.0 Å². The first-order valence-electron chi connectivity index (χ1n) is 11.3. The van der Waals surface area contributed by atoms with Crippen molar-refractivity contribution in [2.75, 3.05) is 7.05 Å². The van der Waals surface area contributed by atoms with Gasteiger partial charge in [0.25, 0.3) is 5.91 Å². The van der Waals surface area contributed by atoms with E-state index in [-0.39, 0.29) is 17.0 Å². The Morgan fingerprint density at radius 2 is 1.69 bits per heavy atom. The largest absolute Gasteiger partial charge is 0.436 e. The van der Waals surface area contributed by atoms with Crippen molar-refractivity contribution in [3.05, 3.63) is 35.9 Å². The topological polar surface area (TPSA) is 94.5 Å². The fourth-order valence-electron chi connectivity index (χ4n) is 4.69. The highest BCUT2D eigenvalue weighted by molar-refractivity contribution is 5.84. The fraction of sp³-hybridized carbons (Fsp3) is 0.640. The summed E-state index contributed by atoms with van der Waals surface area (Å²) in [4.78, 5) is 27.9. The zero-order valence-electron chi connectivity index (χ0n) is 20.5.